The van der Waals surface area contributed by atoms with Crippen molar-refractivity contribution in [1.29, 1.82) is 0 Å². The predicted octanol–water partition coefficient (Wildman–Crippen LogP) is 4.16. The summed E-state index contributed by atoms with van der Waals surface area (Å²) in [5, 5.41) is 8.38. The highest BCUT2D eigenvalue weighted by Crippen LogP contribution is 2.21. The highest BCUT2D eigenvalue weighted by Gasteiger charge is 2.18. The molecule has 156 valence electrons. The Hall–Kier alpha value is -2.25. The van der Waals surface area contributed by atoms with E-state index < -0.39 is 0 Å². The van der Waals surface area contributed by atoms with Crippen molar-refractivity contribution < 1.29 is 9.59 Å². The number of thiazole rings is 1. The maximum Gasteiger partial charge on any atom is 0.257 e. The molecule has 1 saturated heterocycles. The van der Waals surface area contributed by atoms with Crippen molar-refractivity contribution in [3.8, 4) is 0 Å². The number of hydrogen-bond acceptors (Lipinski definition) is 5. The number of piperidine rings is 1. The average molecular weight is 415 g/mol. The second kappa shape index (κ2) is 9.05. The molecule has 3 rings (SSSR count). The molecule has 2 amide bonds. The van der Waals surface area contributed by atoms with E-state index in [9.17, 15) is 9.59 Å². The first-order valence-corrected chi connectivity index (χ1v) is 11.0. The number of nitrogens with zero attached hydrogens (tertiary/aromatic N) is 2. The summed E-state index contributed by atoms with van der Waals surface area (Å²) in [5.74, 6) is 0.434. The van der Waals surface area contributed by atoms with E-state index in [0.29, 0.717) is 16.3 Å². The Morgan fingerprint density at radius 3 is 2.28 bits per heavy atom. The lowest BCUT2D eigenvalue weighted by atomic mass is 9.99. The lowest BCUT2D eigenvalue weighted by Gasteiger charge is -2.29. The molecule has 7 heteroatoms. The van der Waals surface area contributed by atoms with Crippen LogP contribution in [0.1, 0.15) is 66.9 Å². The van der Waals surface area contributed by atoms with Crippen molar-refractivity contribution in [1.82, 2.24) is 15.2 Å². The quantitative estimate of drug-likeness (QED) is 0.771. The van der Waals surface area contributed by atoms with Crippen LogP contribution in [0.2, 0.25) is 0 Å². The lowest BCUT2D eigenvalue weighted by molar-refractivity contribution is 0.0918. The van der Waals surface area contributed by atoms with Crippen molar-refractivity contribution in [3.05, 3.63) is 46.5 Å². The summed E-state index contributed by atoms with van der Waals surface area (Å²) >= 11 is 1.44. The first-order valence-electron chi connectivity index (χ1n) is 10.1. The molecule has 1 aliphatic rings. The molecule has 0 aliphatic carbocycles. The van der Waals surface area contributed by atoms with Gasteiger partial charge in [0.05, 0.1) is 5.69 Å². The Labute approximate surface area is 176 Å². The van der Waals surface area contributed by atoms with Gasteiger partial charge in [-0.25, -0.2) is 4.98 Å². The number of likely N-dealkylation sites (tertiary alicyclic amines) is 1. The van der Waals surface area contributed by atoms with Crippen LogP contribution in [-0.4, -0.2) is 40.3 Å². The summed E-state index contributed by atoms with van der Waals surface area (Å²) in [5.41, 5.74) is 1.72. The van der Waals surface area contributed by atoms with E-state index in [1.54, 1.807) is 24.3 Å². The van der Waals surface area contributed by atoms with Crippen LogP contribution >= 0.6 is 11.3 Å². The lowest BCUT2D eigenvalue weighted by Crippen LogP contribution is -2.40. The number of benzene rings is 1. The molecule has 29 heavy (non-hydrogen) atoms. The van der Waals surface area contributed by atoms with Gasteiger partial charge in [0.2, 0.25) is 0 Å². The zero-order chi connectivity index (χ0) is 21.0. The second-order valence-corrected chi connectivity index (χ2v) is 9.70. The van der Waals surface area contributed by atoms with E-state index in [2.05, 4.69) is 27.4 Å². The normalized spacial score (nSPS) is 15.9. The number of rotatable bonds is 5. The Kier molecular flexibility index (Phi) is 6.70. The van der Waals surface area contributed by atoms with E-state index in [4.69, 9.17) is 0 Å². The van der Waals surface area contributed by atoms with E-state index >= 15 is 0 Å². The molecule has 0 radical (unpaired) electrons. The molecule has 2 aromatic rings. The molecular formula is C22H30N4O2S. The number of hydrogen-bond donors (Lipinski definition) is 2. The van der Waals surface area contributed by atoms with Gasteiger partial charge in [0.15, 0.2) is 5.13 Å². The molecule has 1 fully saturated rings. The van der Waals surface area contributed by atoms with Crippen LogP contribution in [-0.2, 0) is 6.54 Å². The SMILES string of the molecule is CC1CCN(Cc2csc(NC(=O)c3ccc(C(=O)NC(C)(C)C)cc3)n2)CC1. The van der Waals surface area contributed by atoms with Crippen molar-refractivity contribution >= 4 is 28.3 Å². The highest BCUT2D eigenvalue weighted by atomic mass is 32.1. The highest BCUT2D eigenvalue weighted by molar-refractivity contribution is 7.13. The fourth-order valence-electron chi connectivity index (χ4n) is 3.24. The summed E-state index contributed by atoms with van der Waals surface area (Å²) in [4.78, 5) is 31.7. The van der Waals surface area contributed by atoms with Gasteiger partial charge in [-0.2, -0.15) is 0 Å². The molecule has 2 N–H and O–H groups in total. The van der Waals surface area contributed by atoms with Crippen molar-refractivity contribution in [2.24, 2.45) is 5.92 Å². The van der Waals surface area contributed by atoms with Crippen molar-refractivity contribution in [3.63, 3.8) is 0 Å². The van der Waals surface area contributed by atoms with Gasteiger partial charge in [-0.1, -0.05) is 6.92 Å². The zero-order valence-electron chi connectivity index (χ0n) is 17.6. The average Bonchev–Trinajstić information content (AvgIpc) is 3.09. The second-order valence-electron chi connectivity index (χ2n) is 8.84. The minimum Gasteiger partial charge on any atom is -0.347 e. The number of aromatic nitrogens is 1. The molecule has 1 aromatic heterocycles. The Morgan fingerprint density at radius 2 is 1.69 bits per heavy atom. The monoisotopic (exact) mass is 414 g/mol. The summed E-state index contributed by atoms with van der Waals surface area (Å²) in [6, 6.07) is 6.66. The Balaban J connectivity index is 1.55. The fourth-order valence-corrected chi connectivity index (χ4v) is 3.94. The number of carbonyl (C=O) groups is 2. The van der Waals surface area contributed by atoms with Gasteiger partial charge in [-0.3, -0.25) is 19.8 Å². The van der Waals surface area contributed by atoms with Gasteiger partial charge in [-0.15, -0.1) is 11.3 Å². The molecule has 0 unspecified atom stereocenters. The maximum absolute atomic E-state index is 12.5. The van der Waals surface area contributed by atoms with E-state index in [0.717, 1.165) is 31.2 Å². The molecule has 0 saturated carbocycles. The molecule has 0 spiro atoms. The fraction of sp³-hybridized carbons (Fsp3) is 0.500. The molecule has 0 bridgehead atoms. The van der Waals surface area contributed by atoms with E-state index in [-0.39, 0.29) is 17.4 Å². The van der Waals surface area contributed by atoms with E-state index in [1.807, 2.05) is 26.2 Å². The van der Waals surface area contributed by atoms with Crippen LogP contribution in [0.15, 0.2) is 29.6 Å². The minimum absolute atomic E-state index is 0.152. The number of amides is 2. The van der Waals surface area contributed by atoms with Gasteiger partial charge >= 0.3 is 0 Å². The van der Waals surface area contributed by atoms with Crippen LogP contribution in [0, 0.1) is 5.92 Å². The third-order valence-corrected chi connectivity index (χ3v) is 5.74. The minimum atomic E-state index is -0.303. The Morgan fingerprint density at radius 1 is 1.10 bits per heavy atom. The van der Waals surface area contributed by atoms with Gasteiger partial charge in [0.25, 0.3) is 11.8 Å². The predicted molar refractivity (Wildman–Crippen MR) is 117 cm³/mol. The van der Waals surface area contributed by atoms with Crippen molar-refractivity contribution in [2.75, 3.05) is 18.4 Å². The standard InChI is InChI=1S/C22H30N4O2S/c1-15-9-11-26(12-10-15)13-18-14-29-21(23-18)24-19(27)16-5-7-17(8-6-16)20(28)25-22(2,3)4/h5-8,14-15H,9-13H2,1-4H3,(H,25,28)(H,23,24,27). The third-order valence-electron chi connectivity index (χ3n) is 4.93. The van der Waals surface area contributed by atoms with Crippen LogP contribution in [0.4, 0.5) is 5.13 Å². The van der Waals surface area contributed by atoms with Crippen LogP contribution in [0.3, 0.4) is 0 Å². The number of carbonyl (C=O) groups excluding carboxylic acids is 2. The topological polar surface area (TPSA) is 74.3 Å². The summed E-state index contributed by atoms with van der Waals surface area (Å²) in [6.45, 7) is 11.1. The summed E-state index contributed by atoms with van der Waals surface area (Å²) in [6.07, 6.45) is 2.47. The zero-order valence-corrected chi connectivity index (χ0v) is 18.4. The first kappa shape index (κ1) is 21.5. The Bertz CT molecular complexity index is 846. The number of nitrogens with one attached hydrogen (secondary N) is 2. The molecular weight excluding hydrogens is 384 g/mol. The molecule has 1 aliphatic heterocycles. The van der Waals surface area contributed by atoms with Gasteiger partial charge in [0.1, 0.15) is 0 Å². The summed E-state index contributed by atoms with van der Waals surface area (Å²) < 4.78 is 0. The largest absolute Gasteiger partial charge is 0.347 e. The van der Waals surface area contributed by atoms with E-state index in [1.165, 1.54) is 24.2 Å². The van der Waals surface area contributed by atoms with Crippen molar-refractivity contribution in [2.45, 2.75) is 52.6 Å². The first-order chi connectivity index (χ1) is 13.7. The molecule has 1 aromatic carbocycles. The molecule has 0 atom stereocenters. The summed E-state index contributed by atoms with van der Waals surface area (Å²) in [7, 11) is 0. The van der Waals surface area contributed by atoms with Crippen LogP contribution in [0.25, 0.3) is 0 Å². The molecule has 6 nitrogen and oxygen atoms in total. The maximum atomic E-state index is 12.5. The van der Waals surface area contributed by atoms with Gasteiger partial charge < -0.3 is 5.32 Å². The van der Waals surface area contributed by atoms with Gasteiger partial charge in [-0.05, 0) is 76.9 Å². The molecule has 2 heterocycles. The van der Waals surface area contributed by atoms with Gasteiger partial charge in [0, 0.05) is 28.6 Å². The smallest absolute Gasteiger partial charge is 0.257 e. The third kappa shape index (κ3) is 6.37. The van der Waals surface area contributed by atoms with Crippen LogP contribution in [0.5, 0.6) is 0 Å². The van der Waals surface area contributed by atoms with Crippen LogP contribution < -0.4 is 10.6 Å². The number of anilines is 1.